The third kappa shape index (κ3) is 4.60. The zero-order valence-corrected chi connectivity index (χ0v) is 16.2. The molecule has 150 valence electrons. The molecule has 1 amide bonds. The van der Waals surface area contributed by atoms with Crippen molar-refractivity contribution in [2.75, 3.05) is 36.9 Å². The van der Waals surface area contributed by atoms with Crippen molar-refractivity contribution in [3.8, 4) is 0 Å². The maximum atomic E-state index is 12.9. The van der Waals surface area contributed by atoms with Gasteiger partial charge in [0, 0.05) is 31.1 Å². The van der Waals surface area contributed by atoms with Gasteiger partial charge in [-0.25, -0.2) is 12.7 Å². The summed E-state index contributed by atoms with van der Waals surface area (Å²) in [6.45, 7) is 0.885. The molecule has 0 bridgehead atoms. The Kier molecular flexibility index (Phi) is 5.79. The second-order valence-corrected chi connectivity index (χ2v) is 10.1. The van der Waals surface area contributed by atoms with Gasteiger partial charge in [-0.3, -0.25) is 4.79 Å². The highest BCUT2D eigenvalue weighted by molar-refractivity contribution is 7.99. The van der Waals surface area contributed by atoms with E-state index in [2.05, 4.69) is 5.32 Å². The van der Waals surface area contributed by atoms with E-state index in [9.17, 15) is 26.4 Å². The van der Waals surface area contributed by atoms with E-state index in [1.165, 1.54) is 16.4 Å². The summed E-state index contributed by atoms with van der Waals surface area (Å²) in [4.78, 5) is 12.5. The molecule has 1 aliphatic heterocycles. The number of thioether (sulfide) groups is 1. The predicted molar refractivity (Wildman–Crippen MR) is 98.1 cm³/mol. The summed E-state index contributed by atoms with van der Waals surface area (Å²) < 4.78 is 64.8. The third-order valence-electron chi connectivity index (χ3n) is 4.94. The van der Waals surface area contributed by atoms with Crippen molar-refractivity contribution in [3.63, 3.8) is 0 Å². The zero-order chi connectivity index (χ0) is 19.7. The average molecular weight is 422 g/mol. The summed E-state index contributed by atoms with van der Waals surface area (Å²) in [5.74, 6) is 0.891. The van der Waals surface area contributed by atoms with Crippen LogP contribution >= 0.6 is 11.8 Å². The van der Waals surface area contributed by atoms with Crippen LogP contribution in [0.25, 0.3) is 0 Å². The number of hydrogen-bond donors (Lipinski definition) is 1. The molecule has 0 unspecified atom stereocenters. The highest BCUT2D eigenvalue weighted by Gasteiger charge is 2.51. The number of hydrogen-bond acceptors (Lipinski definition) is 4. The van der Waals surface area contributed by atoms with Gasteiger partial charge in [0.15, 0.2) is 0 Å². The van der Waals surface area contributed by atoms with Gasteiger partial charge in [-0.15, -0.1) is 0 Å². The fourth-order valence-corrected chi connectivity index (χ4v) is 5.67. The summed E-state index contributed by atoms with van der Waals surface area (Å²) >= 11 is 1.70. The van der Waals surface area contributed by atoms with Gasteiger partial charge < -0.3 is 5.32 Å². The molecule has 1 N–H and O–H groups in total. The highest BCUT2D eigenvalue weighted by atomic mass is 32.2. The van der Waals surface area contributed by atoms with Gasteiger partial charge in [0.2, 0.25) is 15.9 Å². The summed E-state index contributed by atoms with van der Waals surface area (Å²) in [6, 6.07) is 4.80. The van der Waals surface area contributed by atoms with Gasteiger partial charge in [0.05, 0.1) is 16.7 Å². The third-order valence-corrected chi connectivity index (χ3v) is 7.75. The Morgan fingerprint density at radius 2 is 1.89 bits per heavy atom. The van der Waals surface area contributed by atoms with E-state index in [1.54, 1.807) is 11.8 Å². The van der Waals surface area contributed by atoms with E-state index in [4.69, 9.17) is 0 Å². The molecular weight excluding hydrogens is 401 g/mol. The topological polar surface area (TPSA) is 66.5 Å². The van der Waals surface area contributed by atoms with E-state index < -0.39 is 33.1 Å². The Morgan fingerprint density at radius 1 is 1.22 bits per heavy atom. The largest absolute Gasteiger partial charge is 0.416 e. The molecule has 0 atom stereocenters. The SMILES string of the molecule is O=C(NCCS(=O)(=O)N1CCSCC1)C1(c2cccc(C(F)(F)F)c2)CC1. The van der Waals surface area contributed by atoms with E-state index in [0.29, 0.717) is 31.5 Å². The lowest BCUT2D eigenvalue weighted by Crippen LogP contribution is -2.43. The van der Waals surface area contributed by atoms with Gasteiger partial charge in [0.1, 0.15) is 0 Å². The highest BCUT2D eigenvalue weighted by Crippen LogP contribution is 2.49. The minimum atomic E-state index is -4.47. The number of carbonyl (C=O) groups excluding carboxylic acids is 1. The van der Waals surface area contributed by atoms with Crippen molar-refractivity contribution >= 4 is 27.7 Å². The summed E-state index contributed by atoms with van der Waals surface area (Å²) in [7, 11) is -3.44. The first-order valence-electron chi connectivity index (χ1n) is 8.67. The first-order valence-corrected chi connectivity index (χ1v) is 11.4. The van der Waals surface area contributed by atoms with Crippen LogP contribution in [0.3, 0.4) is 0 Å². The number of carbonyl (C=O) groups is 1. The summed E-state index contributed by atoms with van der Waals surface area (Å²) in [5, 5.41) is 2.61. The molecule has 0 spiro atoms. The number of rotatable bonds is 6. The molecule has 3 rings (SSSR count). The Balaban J connectivity index is 1.61. The van der Waals surface area contributed by atoms with Gasteiger partial charge in [-0.1, -0.05) is 18.2 Å². The quantitative estimate of drug-likeness (QED) is 0.764. The normalized spacial score (nSPS) is 20.3. The van der Waals surface area contributed by atoms with Gasteiger partial charge >= 0.3 is 6.18 Å². The average Bonchev–Trinajstić information content (AvgIpc) is 3.44. The van der Waals surface area contributed by atoms with Crippen molar-refractivity contribution in [1.29, 1.82) is 0 Å². The van der Waals surface area contributed by atoms with Crippen LogP contribution in [0, 0.1) is 0 Å². The number of sulfonamides is 1. The molecule has 2 aliphatic rings. The van der Waals surface area contributed by atoms with Gasteiger partial charge in [0.25, 0.3) is 0 Å². The Labute approximate surface area is 160 Å². The van der Waals surface area contributed by atoms with Crippen LogP contribution in [-0.2, 0) is 26.4 Å². The molecule has 2 fully saturated rings. The fourth-order valence-electron chi connectivity index (χ4n) is 3.18. The number of benzene rings is 1. The standard InChI is InChI=1S/C17H21F3N2O3S2/c18-17(19,20)14-3-1-2-13(12-14)16(4-5-16)15(23)21-6-11-27(24,25)22-7-9-26-10-8-22/h1-3,12H,4-11H2,(H,21,23). The monoisotopic (exact) mass is 422 g/mol. The van der Waals surface area contributed by atoms with Crippen LogP contribution < -0.4 is 5.32 Å². The minimum Gasteiger partial charge on any atom is -0.354 e. The molecule has 1 heterocycles. The lowest BCUT2D eigenvalue weighted by molar-refractivity contribution is -0.137. The van der Waals surface area contributed by atoms with E-state index in [-0.39, 0.29) is 12.3 Å². The molecule has 10 heteroatoms. The number of halogens is 3. The maximum Gasteiger partial charge on any atom is 0.416 e. The van der Waals surface area contributed by atoms with Crippen LogP contribution in [0.5, 0.6) is 0 Å². The molecular formula is C17H21F3N2O3S2. The summed E-state index contributed by atoms with van der Waals surface area (Å²) in [5.41, 5.74) is -1.44. The maximum absolute atomic E-state index is 12.9. The number of nitrogens with zero attached hydrogens (tertiary/aromatic N) is 1. The Hall–Kier alpha value is -1.26. The number of alkyl halides is 3. The first-order chi connectivity index (χ1) is 12.7. The molecule has 1 aliphatic carbocycles. The van der Waals surface area contributed by atoms with E-state index >= 15 is 0 Å². The second-order valence-electron chi connectivity index (χ2n) is 6.74. The molecule has 5 nitrogen and oxygen atoms in total. The molecule has 1 saturated carbocycles. The lowest BCUT2D eigenvalue weighted by Gasteiger charge is -2.25. The van der Waals surface area contributed by atoms with Crippen molar-refractivity contribution in [3.05, 3.63) is 35.4 Å². The Morgan fingerprint density at radius 3 is 2.48 bits per heavy atom. The van der Waals surface area contributed by atoms with Crippen LogP contribution in [0.1, 0.15) is 24.0 Å². The van der Waals surface area contributed by atoms with Crippen LogP contribution in [-0.4, -0.2) is 55.5 Å². The van der Waals surface area contributed by atoms with E-state index in [1.807, 2.05) is 0 Å². The van der Waals surface area contributed by atoms with Crippen molar-refractivity contribution in [2.45, 2.75) is 24.4 Å². The van der Waals surface area contributed by atoms with Crippen LogP contribution in [0.2, 0.25) is 0 Å². The lowest BCUT2D eigenvalue weighted by atomic mass is 9.93. The molecule has 0 radical (unpaired) electrons. The zero-order valence-electron chi connectivity index (χ0n) is 14.6. The smallest absolute Gasteiger partial charge is 0.354 e. The van der Waals surface area contributed by atoms with Crippen molar-refractivity contribution in [1.82, 2.24) is 9.62 Å². The van der Waals surface area contributed by atoms with E-state index in [0.717, 1.165) is 23.6 Å². The van der Waals surface area contributed by atoms with Crippen molar-refractivity contribution in [2.24, 2.45) is 0 Å². The van der Waals surface area contributed by atoms with Crippen molar-refractivity contribution < 1.29 is 26.4 Å². The summed E-state index contributed by atoms with van der Waals surface area (Å²) in [6.07, 6.45) is -3.56. The molecule has 1 saturated heterocycles. The molecule has 27 heavy (non-hydrogen) atoms. The number of nitrogens with one attached hydrogen (secondary N) is 1. The van der Waals surface area contributed by atoms with Gasteiger partial charge in [-0.2, -0.15) is 24.9 Å². The predicted octanol–water partition coefficient (Wildman–Crippen LogP) is 2.23. The van der Waals surface area contributed by atoms with Gasteiger partial charge in [-0.05, 0) is 24.5 Å². The molecule has 1 aromatic carbocycles. The molecule has 1 aromatic rings. The van der Waals surface area contributed by atoms with Crippen LogP contribution in [0.4, 0.5) is 13.2 Å². The fraction of sp³-hybridized carbons (Fsp3) is 0.588. The second kappa shape index (κ2) is 7.63. The Bertz CT molecular complexity index is 802. The molecule has 0 aromatic heterocycles. The number of amides is 1. The minimum absolute atomic E-state index is 0.0501. The van der Waals surface area contributed by atoms with Crippen LogP contribution in [0.15, 0.2) is 24.3 Å². The first kappa shape index (κ1) is 20.5.